The van der Waals surface area contributed by atoms with E-state index in [0.717, 1.165) is 48.5 Å². The highest BCUT2D eigenvalue weighted by atomic mass is 16.5. The van der Waals surface area contributed by atoms with E-state index in [9.17, 15) is 4.79 Å². The van der Waals surface area contributed by atoms with Crippen molar-refractivity contribution in [1.29, 1.82) is 0 Å². The van der Waals surface area contributed by atoms with E-state index in [1.165, 1.54) is 10.8 Å². The third kappa shape index (κ3) is 5.82. The van der Waals surface area contributed by atoms with Gasteiger partial charge in [0.1, 0.15) is 6.61 Å². The summed E-state index contributed by atoms with van der Waals surface area (Å²) < 4.78 is 5.33. The van der Waals surface area contributed by atoms with Crippen LogP contribution in [0.15, 0.2) is 85.1 Å². The number of hydrogen-bond acceptors (Lipinski definition) is 5. The Morgan fingerprint density at radius 2 is 1.69 bits per heavy atom. The van der Waals surface area contributed by atoms with Crippen LogP contribution in [0.4, 0.5) is 10.7 Å². The Morgan fingerprint density at radius 1 is 0.944 bits per heavy atom. The highest BCUT2D eigenvalue weighted by Gasteiger charge is 2.26. The number of aromatic nitrogens is 2. The van der Waals surface area contributed by atoms with Crippen LogP contribution in [0.3, 0.4) is 0 Å². The zero-order valence-electron chi connectivity index (χ0n) is 20.6. The number of carbonyl (C=O) groups is 1. The first-order valence-corrected chi connectivity index (χ1v) is 12.7. The molecule has 0 bridgehead atoms. The van der Waals surface area contributed by atoms with Crippen LogP contribution < -0.4 is 10.2 Å². The molecule has 6 heteroatoms. The second-order valence-corrected chi connectivity index (χ2v) is 9.53. The molecule has 1 saturated carbocycles. The van der Waals surface area contributed by atoms with Crippen LogP contribution in [0.5, 0.6) is 0 Å². The average Bonchev–Trinajstić information content (AvgIpc) is 2.95. The monoisotopic (exact) mass is 480 g/mol. The van der Waals surface area contributed by atoms with E-state index < -0.39 is 0 Å². The van der Waals surface area contributed by atoms with E-state index in [4.69, 9.17) is 9.72 Å². The van der Waals surface area contributed by atoms with E-state index in [1.54, 1.807) is 0 Å². The van der Waals surface area contributed by atoms with Gasteiger partial charge in [-0.1, -0.05) is 66.7 Å². The molecule has 0 radical (unpaired) electrons. The van der Waals surface area contributed by atoms with Gasteiger partial charge < -0.3 is 15.0 Å². The van der Waals surface area contributed by atoms with Crippen LogP contribution in [-0.4, -0.2) is 35.7 Å². The molecule has 1 fully saturated rings. The first-order chi connectivity index (χ1) is 17.7. The van der Waals surface area contributed by atoms with Gasteiger partial charge in [-0.25, -0.2) is 14.8 Å². The minimum atomic E-state index is -0.350. The second kappa shape index (κ2) is 11.2. The molecule has 1 aliphatic rings. The average molecular weight is 481 g/mol. The number of amides is 1. The Hall–Kier alpha value is -3.93. The van der Waals surface area contributed by atoms with Crippen molar-refractivity contribution in [2.45, 2.75) is 38.3 Å². The molecule has 3 aromatic carbocycles. The lowest BCUT2D eigenvalue weighted by atomic mass is 9.85. The normalized spacial score (nSPS) is 17.5. The van der Waals surface area contributed by atoms with E-state index in [-0.39, 0.29) is 6.09 Å². The van der Waals surface area contributed by atoms with Gasteiger partial charge in [-0.05, 0) is 60.1 Å². The van der Waals surface area contributed by atoms with Gasteiger partial charge in [0.25, 0.3) is 0 Å². The maximum atomic E-state index is 12.1. The summed E-state index contributed by atoms with van der Waals surface area (Å²) in [6.07, 6.45) is 5.70. The number of hydrogen-bond donors (Lipinski definition) is 1. The van der Waals surface area contributed by atoms with E-state index in [1.807, 2.05) is 42.6 Å². The standard InChI is InChI=1S/C30H32N4O2/c1-34(29-31-18-17-28(33-29)26-14-13-24-9-5-6-10-25(24)19-26)27-15-11-22(12-16-27)20-32-30(35)36-21-23-7-3-2-4-8-23/h2-10,13-14,17-19,22,27H,11-12,15-16,20-21H2,1H3,(H,32,35)/t22-,27-. The van der Waals surface area contributed by atoms with E-state index in [2.05, 4.69) is 64.7 Å². The summed E-state index contributed by atoms with van der Waals surface area (Å²) in [5.41, 5.74) is 3.02. The Bertz CT molecular complexity index is 1300. The first kappa shape index (κ1) is 23.8. The Morgan fingerprint density at radius 3 is 2.50 bits per heavy atom. The number of ether oxygens (including phenoxy) is 1. The largest absolute Gasteiger partial charge is 0.445 e. The number of carbonyl (C=O) groups excluding carboxylic acids is 1. The highest BCUT2D eigenvalue weighted by molar-refractivity contribution is 5.86. The molecule has 4 aromatic rings. The highest BCUT2D eigenvalue weighted by Crippen LogP contribution is 2.29. The van der Waals surface area contributed by atoms with Crippen molar-refractivity contribution in [1.82, 2.24) is 15.3 Å². The lowest BCUT2D eigenvalue weighted by Crippen LogP contribution is -2.39. The summed E-state index contributed by atoms with van der Waals surface area (Å²) >= 11 is 0. The maximum absolute atomic E-state index is 12.1. The van der Waals surface area contributed by atoms with E-state index >= 15 is 0 Å². The number of rotatable bonds is 7. The van der Waals surface area contributed by atoms with Gasteiger partial charge in [0.2, 0.25) is 5.95 Å². The minimum absolute atomic E-state index is 0.294. The molecule has 0 atom stereocenters. The molecular formula is C30H32N4O2. The molecule has 6 nitrogen and oxygen atoms in total. The Kier molecular flexibility index (Phi) is 7.41. The first-order valence-electron chi connectivity index (χ1n) is 12.7. The third-order valence-corrected chi connectivity index (χ3v) is 7.12. The van der Waals surface area contributed by atoms with Crippen LogP contribution in [-0.2, 0) is 11.3 Å². The fraction of sp³-hybridized carbons (Fsp3) is 0.300. The van der Waals surface area contributed by atoms with Gasteiger partial charge in [0, 0.05) is 31.4 Å². The van der Waals surface area contributed by atoms with Gasteiger partial charge in [-0.15, -0.1) is 0 Å². The van der Waals surface area contributed by atoms with Gasteiger partial charge >= 0.3 is 6.09 Å². The summed E-state index contributed by atoms with van der Waals surface area (Å²) in [6.45, 7) is 0.945. The molecule has 1 aliphatic carbocycles. The fourth-order valence-electron chi connectivity index (χ4n) is 4.93. The summed E-state index contributed by atoms with van der Waals surface area (Å²) in [5, 5.41) is 5.37. The SMILES string of the molecule is CN(c1nccc(-c2ccc3ccccc3c2)n1)[C@H]1CC[C@H](CNC(=O)OCc2ccccc2)CC1. The van der Waals surface area contributed by atoms with Gasteiger partial charge in [0.05, 0.1) is 5.69 Å². The van der Waals surface area contributed by atoms with E-state index in [0.29, 0.717) is 25.1 Å². The van der Waals surface area contributed by atoms with Crippen LogP contribution >= 0.6 is 0 Å². The predicted octanol–water partition coefficient (Wildman–Crippen LogP) is 6.22. The van der Waals surface area contributed by atoms with Crippen LogP contribution in [0, 0.1) is 5.92 Å². The zero-order valence-corrected chi connectivity index (χ0v) is 20.6. The third-order valence-electron chi connectivity index (χ3n) is 7.12. The topological polar surface area (TPSA) is 67.4 Å². The minimum Gasteiger partial charge on any atom is -0.445 e. The molecular weight excluding hydrogens is 448 g/mol. The van der Waals surface area contributed by atoms with Gasteiger partial charge in [0.15, 0.2) is 0 Å². The summed E-state index contributed by atoms with van der Waals surface area (Å²) in [7, 11) is 2.09. The van der Waals surface area contributed by atoms with Crippen LogP contribution in [0.25, 0.3) is 22.0 Å². The molecule has 0 spiro atoms. The smallest absolute Gasteiger partial charge is 0.407 e. The fourth-order valence-corrected chi connectivity index (χ4v) is 4.93. The lowest BCUT2D eigenvalue weighted by Gasteiger charge is -2.34. The summed E-state index contributed by atoms with van der Waals surface area (Å²) in [5.74, 6) is 1.22. The maximum Gasteiger partial charge on any atom is 0.407 e. The number of fused-ring (bicyclic) bond motifs is 1. The summed E-state index contributed by atoms with van der Waals surface area (Å²) in [6, 6.07) is 26.9. The molecule has 0 unspecified atom stereocenters. The van der Waals surface area contributed by atoms with Crippen molar-refractivity contribution in [3.05, 3.63) is 90.6 Å². The quantitative estimate of drug-likeness (QED) is 0.340. The second-order valence-electron chi connectivity index (χ2n) is 9.53. The molecule has 36 heavy (non-hydrogen) atoms. The Balaban J connectivity index is 1.12. The molecule has 184 valence electrons. The molecule has 0 saturated heterocycles. The Labute approximate surface area is 212 Å². The van der Waals surface area contributed by atoms with Crippen molar-refractivity contribution in [3.63, 3.8) is 0 Å². The van der Waals surface area contributed by atoms with Crippen molar-refractivity contribution >= 4 is 22.8 Å². The molecule has 5 rings (SSSR count). The van der Waals surface area contributed by atoms with Gasteiger partial charge in [-0.3, -0.25) is 0 Å². The number of benzene rings is 3. The van der Waals surface area contributed by atoms with Gasteiger partial charge in [-0.2, -0.15) is 0 Å². The summed E-state index contributed by atoms with van der Waals surface area (Å²) in [4.78, 5) is 23.7. The molecule has 0 aliphatic heterocycles. The number of nitrogens with zero attached hydrogens (tertiary/aromatic N) is 3. The molecule has 1 N–H and O–H groups in total. The van der Waals surface area contributed by atoms with Crippen LogP contribution in [0.1, 0.15) is 31.2 Å². The number of nitrogens with one attached hydrogen (secondary N) is 1. The lowest BCUT2D eigenvalue weighted by molar-refractivity contribution is 0.136. The predicted molar refractivity (Wildman–Crippen MR) is 144 cm³/mol. The van der Waals surface area contributed by atoms with Crippen molar-refractivity contribution in [2.24, 2.45) is 5.92 Å². The number of anilines is 1. The number of alkyl carbamates (subject to hydrolysis) is 1. The van der Waals surface area contributed by atoms with Crippen molar-refractivity contribution in [2.75, 3.05) is 18.5 Å². The van der Waals surface area contributed by atoms with Crippen molar-refractivity contribution in [3.8, 4) is 11.3 Å². The van der Waals surface area contributed by atoms with Crippen molar-refractivity contribution < 1.29 is 9.53 Å². The molecule has 1 amide bonds. The van der Waals surface area contributed by atoms with Crippen LogP contribution in [0.2, 0.25) is 0 Å². The molecule has 1 aromatic heterocycles. The zero-order chi connectivity index (χ0) is 24.7. The molecule has 1 heterocycles.